The Morgan fingerprint density at radius 2 is 1.07 bits per heavy atom. The quantitative estimate of drug-likeness (QED) is 0.114. The topological polar surface area (TPSA) is 75.6 Å². The third kappa shape index (κ3) is 9.15. The van der Waals surface area contributed by atoms with Crippen molar-refractivity contribution in [1.82, 2.24) is 15.0 Å². The first-order chi connectivity index (χ1) is 33.9. The average molecular weight is 980 g/mol. The van der Waals surface area contributed by atoms with E-state index < -0.39 is 54.9 Å². The molecule has 4 aromatic heterocycles. The Morgan fingerprint density at radius 3 is 1.54 bits per heavy atom. The van der Waals surface area contributed by atoms with E-state index in [2.05, 4.69) is 39.2 Å². The van der Waals surface area contributed by atoms with Gasteiger partial charge in [-0.05, 0) is 122 Å². The molecule has 0 fully saturated rings. The molecule has 5 aromatic carbocycles. The number of nitrogens with zero attached hydrogens (tertiary/aromatic N) is 4. The molecular formula is C55H43IrN4O. The second kappa shape index (κ2) is 18.4. The van der Waals surface area contributed by atoms with Crippen LogP contribution in [0.3, 0.4) is 0 Å². The van der Waals surface area contributed by atoms with Gasteiger partial charge in [0.25, 0.3) is 0 Å². The van der Waals surface area contributed by atoms with E-state index in [0.29, 0.717) is 61.6 Å². The molecule has 0 aliphatic carbocycles. The summed E-state index contributed by atoms with van der Waals surface area (Å²) in [7, 11) is 0. The fourth-order valence-corrected chi connectivity index (χ4v) is 6.86. The Hall–Kier alpha value is -6.51. The normalized spacial score (nSPS) is 15.4. The summed E-state index contributed by atoms with van der Waals surface area (Å²) >= 11 is 0. The van der Waals surface area contributed by atoms with Crippen molar-refractivity contribution in [3.8, 4) is 39.8 Å². The molecule has 0 amide bonds. The molecule has 0 N–H and O–H groups in total. The number of hydrogen-bond acceptors (Lipinski definition) is 5. The summed E-state index contributed by atoms with van der Waals surface area (Å²) < 4.78 is 120. The number of aryl methyl sites for hydroxylation is 9. The van der Waals surface area contributed by atoms with Crippen LogP contribution in [-0.2, 0) is 58.3 Å². The molecule has 5 nitrogen and oxygen atoms in total. The first-order valence-corrected chi connectivity index (χ1v) is 19.2. The van der Waals surface area contributed by atoms with Crippen LogP contribution in [0.15, 0.2) is 138 Å². The first kappa shape index (κ1) is 28.9. The Bertz CT molecular complexity index is 3480. The molecule has 9 aromatic rings. The molecular weight excluding hydrogens is 925 g/mol. The van der Waals surface area contributed by atoms with Crippen LogP contribution in [0.5, 0.6) is 0 Å². The molecule has 0 unspecified atom stereocenters. The van der Waals surface area contributed by atoms with Gasteiger partial charge in [-0.2, -0.15) is 5.26 Å². The van der Waals surface area contributed by atoms with E-state index in [0.717, 1.165) is 29.0 Å². The van der Waals surface area contributed by atoms with E-state index in [4.69, 9.17) is 4.42 Å². The molecule has 0 atom stereocenters. The Balaban J connectivity index is 0.00000711. The molecule has 0 radical (unpaired) electrons. The van der Waals surface area contributed by atoms with Crippen molar-refractivity contribution in [2.75, 3.05) is 0 Å². The van der Waals surface area contributed by atoms with Crippen LogP contribution in [0.4, 0.5) is 0 Å². The van der Waals surface area contributed by atoms with Crippen molar-refractivity contribution in [3.05, 3.63) is 208 Å². The van der Waals surface area contributed by atoms with E-state index in [-0.39, 0.29) is 42.4 Å². The minimum Gasteiger partial charge on any atom is -0.501 e. The summed E-state index contributed by atoms with van der Waals surface area (Å²) in [6, 6.07) is 41.7. The van der Waals surface area contributed by atoms with Gasteiger partial charge in [0.05, 0.1) is 17.2 Å². The Labute approximate surface area is 388 Å². The zero-order chi connectivity index (χ0) is 51.8. The number of benzene rings is 5. The summed E-state index contributed by atoms with van der Waals surface area (Å²) in [5.41, 5.74) is 2.87. The molecule has 4 heterocycles. The molecule has 0 aliphatic rings. The molecule has 0 bridgehead atoms. The van der Waals surface area contributed by atoms with Gasteiger partial charge < -0.3 is 19.4 Å². The van der Waals surface area contributed by atoms with Crippen LogP contribution in [0.1, 0.15) is 72.1 Å². The van der Waals surface area contributed by atoms with E-state index in [1.54, 1.807) is 112 Å². The summed E-state index contributed by atoms with van der Waals surface area (Å²) in [4.78, 5) is 13.4. The maximum atomic E-state index is 9.61. The van der Waals surface area contributed by atoms with Crippen molar-refractivity contribution in [2.45, 2.75) is 59.0 Å². The van der Waals surface area contributed by atoms with Crippen LogP contribution >= 0.6 is 0 Å². The van der Waals surface area contributed by atoms with Gasteiger partial charge in [-0.1, -0.05) is 70.1 Å². The van der Waals surface area contributed by atoms with Gasteiger partial charge in [-0.3, -0.25) is 0 Å². The van der Waals surface area contributed by atoms with E-state index in [9.17, 15) is 21.7 Å². The third-order valence-corrected chi connectivity index (χ3v) is 10.1. The Kier molecular flexibility index (Phi) is 8.71. The zero-order valence-corrected chi connectivity index (χ0v) is 35.6. The van der Waals surface area contributed by atoms with Crippen LogP contribution < -0.4 is 0 Å². The first-order valence-electron chi connectivity index (χ1n) is 25.2. The van der Waals surface area contributed by atoms with Crippen LogP contribution in [0, 0.1) is 50.3 Å². The maximum absolute atomic E-state index is 9.61. The number of furan rings is 1. The summed E-state index contributed by atoms with van der Waals surface area (Å²) in [5, 5.41) is 10.9. The molecule has 9 rings (SSSR count). The van der Waals surface area contributed by atoms with Crippen molar-refractivity contribution in [1.29, 1.82) is 5.26 Å². The molecule has 0 spiro atoms. The van der Waals surface area contributed by atoms with Gasteiger partial charge in [-0.25, -0.2) is 0 Å². The minimum atomic E-state index is -3.14. The maximum Gasteiger partial charge on any atom is 3.00 e. The number of nitriles is 1. The minimum absolute atomic E-state index is 0. The van der Waals surface area contributed by atoms with E-state index >= 15 is 0 Å². The van der Waals surface area contributed by atoms with Gasteiger partial charge in [0.15, 0.2) is 0 Å². The summed E-state index contributed by atoms with van der Waals surface area (Å²) in [6.45, 7) is 4.77. The van der Waals surface area contributed by atoms with Crippen molar-refractivity contribution >= 4 is 21.9 Å². The second-order valence-corrected chi connectivity index (χ2v) is 14.3. The second-order valence-electron chi connectivity index (χ2n) is 14.3. The van der Waals surface area contributed by atoms with Crippen molar-refractivity contribution in [2.24, 2.45) is 0 Å². The predicted octanol–water partition coefficient (Wildman–Crippen LogP) is 12.3. The monoisotopic (exact) mass is 980 g/mol. The van der Waals surface area contributed by atoms with Crippen molar-refractivity contribution in [3.63, 3.8) is 0 Å². The fourth-order valence-electron chi connectivity index (χ4n) is 6.86. The molecule has 0 aliphatic heterocycles. The van der Waals surface area contributed by atoms with Crippen LogP contribution in [-0.4, -0.2) is 15.0 Å². The third-order valence-electron chi connectivity index (χ3n) is 10.1. The van der Waals surface area contributed by atoms with Gasteiger partial charge in [0, 0.05) is 40.4 Å². The van der Waals surface area contributed by atoms with Crippen molar-refractivity contribution < 1.29 is 41.0 Å². The van der Waals surface area contributed by atoms with Crippen LogP contribution in [0.2, 0.25) is 0 Å². The average Bonchev–Trinajstić information content (AvgIpc) is 3.74. The van der Waals surface area contributed by atoms with Gasteiger partial charge in [0.2, 0.25) is 0 Å². The van der Waals surface area contributed by atoms with Gasteiger partial charge in [0.1, 0.15) is 5.58 Å². The molecule has 298 valence electrons. The summed E-state index contributed by atoms with van der Waals surface area (Å²) in [6.07, 6.45) is -14.6. The smallest absolute Gasteiger partial charge is 0.501 e. The summed E-state index contributed by atoms with van der Waals surface area (Å²) in [5.74, 6) is 0. The number of fused-ring (bicyclic) bond motifs is 3. The number of pyridine rings is 3. The number of rotatable bonds is 12. The van der Waals surface area contributed by atoms with Gasteiger partial charge in [-0.15, -0.1) is 90.0 Å². The Morgan fingerprint density at radius 1 is 0.557 bits per heavy atom. The zero-order valence-electron chi connectivity index (χ0n) is 45.2. The van der Waals surface area contributed by atoms with Crippen LogP contribution in [0.25, 0.3) is 55.7 Å². The predicted molar refractivity (Wildman–Crippen MR) is 240 cm³/mol. The fraction of sp³-hybridized carbons (Fsp3) is 0.164. The number of aromatic nitrogens is 3. The standard InChI is InChI=1S/C55H43N4O.Ir/c1-36-25-51(43-11-6-4-7-12-43)57-33-45(36)21-17-39-28-40(18-22-46-34-58-52(26-37(46)2)44-13-8-5-9-14-44)30-41(29-39)19-23-47-35-59-53(27-38(47)3)50-16-10-15-49-48-24-20-42(32-56)31-54(48)60-55(49)50;/h4-11,13,15,20,24-31,33-35H,17-19,21-23H2,1-3H3;/q-3;+3/i17D2,18D2,19D2,21D2,22D2,23D2;. The molecule has 0 saturated carbocycles. The molecule has 6 heteroatoms. The molecule has 61 heavy (non-hydrogen) atoms. The van der Waals surface area contributed by atoms with Gasteiger partial charge >= 0.3 is 20.1 Å². The largest absolute Gasteiger partial charge is 3.00 e. The van der Waals surface area contributed by atoms with E-state index in [1.165, 1.54) is 18.6 Å². The molecule has 0 saturated heterocycles. The SMILES string of the molecule is [2H]C([2H])(c1cc(C([2H])([2H])C([2H])([2H])c2cnc(-c3[c-]cccc3)cc2C)cc(C([2H])([2H])C([2H])([2H])c2cnc(-c3[c-]ccc4c3oc3cc(C#N)ccc34)cc2C)c1)C([2H])([2H])c1cnc(-c2[c-]cccc2)cc1C.[Ir+3]. The number of hydrogen-bond donors (Lipinski definition) is 0. The van der Waals surface area contributed by atoms with E-state index in [1.807, 2.05) is 6.07 Å².